The van der Waals surface area contributed by atoms with Gasteiger partial charge in [-0.15, -0.1) is 0 Å². The molecule has 0 saturated carbocycles. The highest BCUT2D eigenvalue weighted by Gasteiger charge is 1.72. The summed E-state index contributed by atoms with van der Waals surface area (Å²) >= 11 is 0. The third-order valence-electron chi connectivity index (χ3n) is 1.34. The first-order chi connectivity index (χ1) is 5.68. The first kappa shape index (κ1) is 17.9. The molecule has 0 N–H and O–H groups in total. The van der Waals surface area contributed by atoms with Gasteiger partial charge in [0.1, 0.15) is 0 Å². The lowest BCUT2D eigenvalue weighted by atomic mass is 10.3. The van der Waals surface area contributed by atoms with Crippen molar-refractivity contribution in [2.24, 2.45) is 0 Å². The third kappa shape index (κ3) is 51.0. The number of hydrogen-bond donors (Lipinski definition) is 0. The van der Waals surface area contributed by atoms with E-state index in [4.69, 9.17) is 0 Å². The van der Waals surface area contributed by atoms with Crippen LogP contribution in [0.25, 0.3) is 0 Å². The normalized spacial score (nSPS) is 8.00. The van der Waals surface area contributed by atoms with Gasteiger partial charge in [0.2, 0.25) is 0 Å². The van der Waals surface area contributed by atoms with Crippen LogP contribution in [0.15, 0.2) is 0 Å². The summed E-state index contributed by atoms with van der Waals surface area (Å²) in [5.74, 6) is 0. The maximum absolute atomic E-state index is 2.21. The van der Waals surface area contributed by atoms with E-state index in [1.807, 2.05) is 13.8 Å². The van der Waals surface area contributed by atoms with Gasteiger partial charge in [-0.25, -0.2) is 0 Å². The molecule has 0 spiro atoms. The molecule has 78 valence electrons. The average molecular weight is 175 g/mol. The lowest BCUT2D eigenvalue weighted by Crippen LogP contribution is -2.08. The Hall–Kier alpha value is -0.0400. The second-order valence-corrected chi connectivity index (χ2v) is 2.75. The Kier molecular flexibility index (Phi) is 33.5. The van der Waals surface area contributed by atoms with Crippen molar-refractivity contribution in [1.29, 1.82) is 0 Å². The van der Waals surface area contributed by atoms with Gasteiger partial charge in [-0.05, 0) is 20.6 Å². The Bertz CT molecular complexity index is 40.3. The van der Waals surface area contributed by atoms with E-state index in [0.29, 0.717) is 0 Å². The van der Waals surface area contributed by atoms with E-state index >= 15 is 0 Å². The quantitative estimate of drug-likeness (QED) is 0.631. The molecule has 0 amide bonds. The maximum atomic E-state index is 2.21. The monoisotopic (exact) mass is 175 g/mol. The van der Waals surface area contributed by atoms with Gasteiger partial charge in [-0.3, -0.25) is 0 Å². The van der Waals surface area contributed by atoms with Gasteiger partial charge in [0.05, 0.1) is 0 Å². The highest BCUT2D eigenvalue weighted by Crippen LogP contribution is 1.88. The lowest BCUT2D eigenvalue weighted by molar-refractivity contribution is 0.434. The molecule has 0 bridgehead atoms. The fourth-order valence-corrected chi connectivity index (χ4v) is 0.354. The van der Waals surface area contributed by atoms with Gasteiger partial charge >= 0.3 is 0 Å². The Labute approximate surface area is 80.2 Å². The van der Waals surface area contributed by atoms with E-state index < -0.39 is 0 Å². The average Bonchev–Trinajstić information content (AvgIpc) is 2.10. The SMILES string of the molecule is CC.CCCCC.CCN(C)C. The van der Waals surface area contributed by atoms with Crippen LogP contribution in [0.5, 0.6) is 0 Å². The molecule has 0 aliphatic heterocycles. The number of unbranched alkanes of at least 4 members (excludes halogenated alkanes) is 2. The molecular weight excluding hydrogens is 146 g/mol. The largest absolute Gasteiger partial charge is 0.310 e. The smallest absolute Gasteiger partial charge is 0.00533 e. The number of nitrogens with zero attached hydrogens (tertiary/aromatic N) is 1. The van der Waals surface area contributed by atoms with Crippen LogP contribution in [0.4, 0.5) is 0 Å². The van der Waals surface area contributed by atoms with Crippen molar-refractivity contribution >= 4 is 0 Å². The minimum absolute atomic E-state index is 1.14. The summed E-state index contributed by atoms with van der Waals surface area (Å²) in [5, 5.41) is 0. The topological polar surface area (TPSA) is 3.24 Å². The summed E-state index contributed by atoms with van der Waals surface area (Å²) in [6, 6.07) is 0. The lowest BCUT2D eigenvalue weighted by Gasteiger charge is -2.00. The van der Waals surface area contributed by atoms with Crippen LogP contribution in [0.2, 0.25) is 0 Å². The van der Waals surface area contributed by atoms with Crippen molar-refractivity contribution in [2.75, 3.05) is 20.6 Å². The molecule has 0 saturated heterocycles. The van der Waals surface area contributed by atoms with Crippen LogP contribution in [0, 0.1) is 0 Å². The molecule has 0 unspecified atom stereocenters. The van der Waals surface area contributed by atoms with E-state index in [1.165, 1.54) is 19.3 Å². The van der Waals surface area contributed by atoms with Gasteiger partial charge in [-0.1, -0.05) is 53.9 Å². The third-order valence-corrected chi connectivity index (χ3v) is 1.34. The molecule has 1 heteroatoms. The van der Waals surface area contributed by atoms with Gasteiger partial charge in [0.15, 0.2) is 0 Å². The molecule has 0 rings (SSSR count). The second kappa shape index (κ2) is 22.4. The molecule has 0 fully saturated rings. The van der Waals surface area contributed by atoms with E-state index in [2.05, 4.69) is 39.8 Å². The highest BCUT2D eigenvalue weighted by molar-refractivity contribution is 4.26. The van der Waals surface area contributed by atoms with Gasteiger partial charge in [-0.2, -0.15) is 0 Å². The Balaban J connectivity index is -0.000000112. The van der Waals surface area contributed by atoms with Crippen LogP contribution < -0.4 is 0 Å². The molecule has 0 aromatic carbocycles. The van der Waals surface area contributed by atoms with E-state index in [1.54, 1.807) is 0 Å². The van der Waals surface area contributed by atoms with Crippen molar-refractivity contribution in [3.05, 3.63) is 0 Å². The van der Waals surface area contributed by atoms with Crippen molar-refractivity contribution in [3.8, 4) is 0 Å². The first-order valence-electron chi connectivity index (χ1n) is 5.33. The Morgan fingerprint density at radius 1 is 0.833 bits per heavy atom. The summed E-state index contributed by atoms with van der Waals surface area (Å²) in [6.45, 7) is 11.7. The predicted octanol–water partition coefficient (Wildman–Crippen LogP) is 3.79. The van der Waals surface area contributed by atoms with E-state index in [-0.39, 0.29) is 0 Å². The minimum Gasteiger partial charge on any atom is -0.310 e. The fourth-order valence-electron chi connectivity index (χ4n) is 0.354. The van der Waals surface area contributed by atoms with Crippen LogP contribution in [-0.2, 0) is 0 Å². The molecule has 12 heavy (non-hydrogen) atoms. The van der Waals surface area contributed by atoms with E-state index in [9.17, 15) is 0 Å². The fraction of sp³-hybridized carbons (Fsp3) is 1.00. The molecule has 0 atom stereocenters. The molecule has 1 nitrogen and oxygen atoms in total. The van der Waals surface area contributed by atoms with Crippen molar-refractivity contribution in [1.82, 2.24) is 4.90 Å². The summed E-state index contributed by atoms with van der Waals surface area (Å²) in [6.07, 6.45) is 4.08. The molecule has 0 aliphatic carbocycles. The molecule has 0 heterocycles. The zero-order chi connectivity index (χ0) is 10.4. The standard InChI is InChI=1S/C5H12.C4H11N.C2H6/c1-3-5-4-2;1-4-5(2)3;1-2/h3-5H2,1-2H3;4H2,1-3H3;1-2H3. The van der Waals surface area contributed by atoms with Gasteiger partial charge in [0, 0.05) is 0 Å². The number of rotatable bonds is 3. The Morgan fingerprint density at radius 2 is 1.08 bits per heavy atom. The summed E-state index contributed by atoms with van der Waals surface area (Å²) in [7, 11) is 4.11. The zero-order valence-corrected chi connectivity index (χ0v) is 10.3. The Morgan fingerprint density at radius 3 is 1.08 bits per heavy atom. The van der Waals surface area contributed by atoms with Crippen LogP contribution in [0.1, 0.15) is 53.9 Å². The van der Waals surface area contributed by atoms with Gasteiger partial charge < -0.3 is 4.90 Å². The van der Waals surface area contributed by atoms with Crippen LogP contribution in [-0.4, -0.2) is 25.5 Å². The molecular formula is C11H29N. The van der Waals surface area contributed by atoms with Crippen molar-refractivity contribution in [3.63, 3.8) is 0 Å². The van der Waals surface area contributed by atoms with Crippen molar-refractivity contribution in [2.45, 2.75) is 53.9 Å². The van der Waals surface area contributed by atoms with Crippen molar-refractivity contribution < 1.29 is 0 Å². The maximum Gasteiger partial charge on any atom is -0.00533 e. The van der Waals surface area contributed by atoms with Crippen LogP contribution in [0.3, 0.4) is 0 Å². The molecule has 0 aliphatic rings. The minimum atomic E-state index is 1.14. The zero-order valence-electron chi connectivity index (χ0n) is 10.3. The number of hydrogen-bond acceptors (Lipinski definition) is 1. The summed E-state index contributed by atoms with van der Waals surface area (Å²) < 4.78 is 0. The van der Waals surface area contributed by atoms with Crippen LogP contribution >= 0.6 is 0 Å². The second-order valence-electron chi connectivity index (χ2n) is 2.75. The van der Waals surface area contributed by atoms with E-state index in [0.717, 1.165) is 6.54 Å². The first-order valence-corrected chi connectivity index (χ1v) is 5.33. The molecule has 0 radical (unpaired) electrons. The summed E-state index contributed by atoms with van der Waals surface area (Å²) in [4.78, 5) is 2.12. The molecule has 0 aromatic heterocycles. The summed E-state index contributed by atoms with van der Waals surface area (Å²) in [5.41, 5.74) is 0. The predicted molar refractivity (Wildman–Crippen MR) is 60.8 cm³/mol. The molecule has 0 aromatic rings. The van der Waals surface area contributed by atoms with Gasteiger partial charge in [0.25, 0.3) is 0 Å². The highest BCUT2D eigenvalue weighted by atomic mass is 15.0.